The molecule has 1 aliphatic carbocycles. The Labute approximate surface area is 105 Å². The minimum atomic E-state index is -0.164. The molecule has 0 saturated heterocycles. The van der Waals surface area contributed by atoms with Crippen molar-refractivity contribution in [3.05, 3.63) is 11.9 Å². The monoisotopic (exact) mass is 255 g/mol. The van der Waals surface area contributed by atoms with E-state index in [-0.39, 0.29) is 17.8 Å². The van der Waals surface area contributed by atoms with Crippen LogP contribution < -0.4 is 5.32 Å². The maximum Gasteiger partial charge on any atom is 0.233 e. The van der Waals surface area contributed by atoms with Gasteiger partial charge in [0.15, 0.2) is 5.16 Å². The first kappa shape index (κ1) is 12.4. The highest BCUT2D eigenvalue weighted by Crippen LogP contribution is 2.24. The van der Waals surface area contributed by atoms with Crippen LogP contribution >= 0.6 is 11.8 Å². The van der Waals surface area contributed by atoms with Crippen molar-refractivity contribution < 1.29 is 9.90 Å². The van der Waals surface area contributed by atoms with Gasteiger partial charge in [-0.2, -0.15) is 0 Å². The number of thioether (sulfide) groups is 1. The lowest BCUT2D eigenvalue weighted by atomic mass is 10.4. The molecule has 94 valence electrons. The zero-order valence-electron chi connectivity index (χ0n) is 10.0. The summed E-state index contributed by atoms with van der Waals surface area (Å²) >= 11 is 1.41. The predicted molar refractivity (Wildman–Crippen MR) is 65.6 cm³/mol. The molecular formula is C11H17N3O2S. The Kier molecular flexibility index (Phi) is 3.73. The molecule has 1 aromatic heterocycles. The number of rotatable bonds is 5. The second kappa shape index (κ2) is 5.10. The van der Waals surface area contributed by atoms with E-state index < -0.39 is 0 Å². The van der Waals surface area contributed by atoms with E-state index in [1.165, 1.54) is 11.8 Å². The molecule has 0 aliphatic heterocycles. The second-order valence-electron chi connectivity index (χ2n) is 4.29. The molecular weight excluding hydrogens is 238 g/mol. The van der Waals surface area contributed by atoms with Crippen molar-refractivity contribution in [3.8, 4) is 0 Å². The van der Waals surface area contributed by atoms with Crippen molar-refractivity contribution in [2.45, 2.75) is 42.8 Å². The highest BCUT2D eigenvalue weighted by Gasteiger charge is 2.26. The number of nitrogens with one attached hydrogen (secondary N) is 1. The number of aliphatic hydroxyl groups is 1. The molecule has 1 aliphatic rings. The number of hydrogen-bond donors (Lipinski definition) is 2. The summed E-state index contributed by atoms with van der Waals surface area (Å²) in [6, 6.07) is 0.389. The van der Waals surface area contributed by atoms with Crippen LogP contribution in [-0.4, -0.2) is 31.9 Å². The topological polar surface area (TPSA) is 67.2 Å². The molecule has 1 amide bonds. The van der Waals surface area contributed by atoms with Gasteiger partial charge in [-0.05, 0) is 19.8 Å². The Bertz CT molecular complexity index is 415. The van der Waals surface area contributed by atoms with Gasteiger partial charge in [0.2, 0.25) is 5.91 Å². The Balaban J connectivity index is 1.94. The maximum atomic E-state index is 11.8. The Morgan fingerprint density at radius 2 is 2.47 bits per heavy atom. The number of hydrogen-bond acceptors (Lipinski definition) is 4. The molecule has 1 fully saturated rings. The van der Waals surface area contributed by atoms with Crippen molar-refractivity contribution in [1.29, 1.82) is 0 Å². The van der Waals surface area contributed by atoms with Gasteiger partial charge in [-0.15, -0.1) is 0 Å². The molecule has 0 radical (unpaired) electrons. The van der Waals surface area contributed by atoms with Crippen molar-refractivity contribution in [2.24, 2.45) is 7.05 Å². The van der Waals surface area contributed by atoms with Crippen LogP contribution in [0.3, 0.4) is 0 Å². The van der Waals surface area contributed by atoms with Gasteiger partial charge in [-0.1, -0.05) is 11.8 Å². The fourth-order valence-electron chi connectivity index (χ4n) is 1.44. The standard InChI is InChI=1S/C11H17N3O2S/c1-7(10(16)13-8-3-4-8)17-11-12-5-9(6-15)14(11)2/h5,7-8,15H,3-4,6H2,1-2H3,(H,13,16). The van der Waals surface area contributed by atoms with E-state index in [0.717, 1.165) is 23.7 Å². The van der Waals surface area contributed by atoms with E-state index in [9.17, 15) is 4.79 Å². The Hall–Kier alpha value is -1.01. The average Bonchev–Trinajstić information content (AvgIpc) is 3.05. The third-order valence-electron chi connectivity index (χ3n) is 2.78. The smallest absolute Gasteiger partial charge is 0.233 e. The quantitative estimate of drug-likeness (QED) is 0.759. The van der Waals surface area contributed by atoms with Gasteiger partial charge in [-0.25, -0.2) is 4.98 Å². The summed E-state index contributed by atoms with van der Waals surface area (Å²) in [7, 11) is 1.84. The van der Waals surface area contributed by atoms with Gasteiger partial charge in [0.1, 0.15) is 0 Å². The van der Waals surface area contributed by atoms with Crippen LogP contribution in [-0.2, 0) is 18.4 Å². The first-order chi connectivity index (χ1) is 8.11. The van der Waals surface area contributed by atoms with Crippen LogP contribution in [0.4, 0.5) is 0 Å². The lowest BCUT2D eigenvalue weighted by Crippen LogP contribution is -2.32. The molecule has 1 saturated carbocycles. The van der Waals surface area contributed by atoms with E-state index in [2.05, 4.69) is 10.3 Å². The zero-order chi connectivity index (χ0) is 12.4. The molecule has 1 unspecified atom stereocenters. The number of nitrogens with zero attached hydrogens (tertiary/aromatic N) is 2. The summed E-state index contributed by atoms with van der Waals surface area (Å²) in [5, 5.41) is 12.6. The van der Waals surface area contributed by atoms with Crippen LogP contribution in [0, 0.1) is 0 Å². The van der Waals surface area contributed by atoms with Crippen LogP contribution in [0.25, 0.3) is 0 Å². The highest BCUT2D eigenvalue weighted by molar-refractivity contribution is 8.00. The van der Waals surface area contributed by atoms with Crippen molar-refractivity contribution in [2.75, 3.05) is 0 Å². The van der Waals surface area contributed by atoms with Gasteiger partial charge in [-0.3, -0.25) is 4.79 Å². The summed E-state index contributed by atoms with van der Waals surface area (Å²) in [6.45, 7) is 1.84. The fraction of sp³-hybridized carbons (Fsp3) is 0.636. The molecule has 0 bridgehead atoms. The molecule has 1 heterocycles. The number of amides is 1. The summed E-state index contributed by atoms with van der Waals surface area (Å²) in [5.41, 5.74) is 0.752. The summed E-state index contributed by atoms with van der Waals surface area (Å²) in [4.78, 5) is 16.0. The maximum absolute atomic E-state index is 11.8. The second-order valence-corrected chi connectivity index (χ2v) is 5.60. The van der Waals surface area contributed by atoms with E-state index in [4.69, 9.17) is 5.11 Å². The number of carbonyl (C=O) groups is 1. The molecule has 1 atom stereocenters. The van der Waals surface area contributed by atoms with Crippen LogP contribution in [0.15, 0.2) is 11.4 Å². The van der Waals surface area contributed by atoms with Crippen LogP contribution in [0.1, 0.15) is 25.5 Å². The fourth-order valence-corrected chi connectivity index (χ4v) is 2.32. The minimum absolute atomic E-state index is 0.0350. The van der Waals surface area contributed by atoms with Crippen molar-refractivity contribution >= 4 is 17.7 Å². The number of aromatic nitrogens is 2. The SMILES string of the molecule is CC(Sc1ncc(CO)n1C)C(=O)NC1CC1. The van der Waals surface area contributed by atoms with Gasteiger partial charge in [0, 0.05) is 13.1 Å². The normalized spacial score (nSPS) is 16.9. The molecule has 1 aromatic rings. The van der Waals surface area contributed by atoms with Crippen LogP contribution in [0.5, 0.6) is 0 Å². The van der Waals surface area contributed by atoms with Crippen molar-refractivity contribution in [3.63, 3.8) is 0 Å². The van der Waals surface area contributed by atoms with Gasteiger partial charge < -0.3 is 15.0 Å². The zero-order valence-corrected chi connectivity index (χ0v) is 10.8. The van der Waals surface area contributed by atoms with Gasteiger partial charge >= 0.3 is 0 Å². The highest BCUT2D eigenvalue weighted by atomic mass is 32.2. The minimum Gasteiger partial charge on any atom is -0.390 e. The Morgan fingerprint density at radius 1 is 1.76 bits per heavy atom. The number of aliphatic hydroxyl groups excluding tert-OH is 1. The average molecular weight is 255 g/mol. The molecule has 2 N–H and O–H groups in total. The van der Waals surface area contributed by atoms with Gasteiger partial charge in [0.05, 0.1) is 23.7 Å². The number of imidazole rings is 1. The summed E-state index contributed by atoms with van der Waals surface area (Å²) in [5.74, 6) is 0.0612. The molecule has 0 spiro atoms. The lowest BCUT2D eigenvalue weighted by Gasteiger charge is -2.11. The molecule has 17 heavy (non-hydrogen) atoms. The molecule has 2 rings (SSSR count). The lowest BCUT2D eigenvalue weighted by molar-refractivity contribution is -0.120. The largest absolute Gasteiger partial charge is 0.390 e. The Morgan fingerprint density at radius 3 is 3.00 bits per heavy atom. The van der Waals surface area contributed by atoms with E-state index in [1.807, 2.05) is 18.5 Å². The van der Waals surface area contributed by atoms with E-state index >= 15 is 0 Å². The summed E-state index contributed by atoms with van der Waals surface area (Å²) in [6.07, 6.45) is 3.83. The van der Waals surface area contributed by atoms with E-state index in [1.54, 1.807) is 6.20 Å². The van der Waals surface area contributed by atoms with Crippen LogP contribution in [0.2, 0.25) is 0 Å². The first-order valence-electron chi connectivity index (χ1n) is 5.70. The number of carbonyl (C=O) groups excluding carboxylic acids is 1. The van der Waals surface area contributed by atoms with Crippen molar-refractivity contribution in [1.82, 2.24) is 14.9 Å². The van der Waals surface area contributed by atoms with Gasteiger partial charge in [0.25, 0.3) is 0 Å². The third kappa shape index (κ3) is 3.01. The van der Waals surface area contributed by atoms with E-state index in [0.29, 0.717) is 6.04 Å². The molecule has 5 nitrogen and oxygen atoms in total. The first-order valence-corrected chi connectivity index (χ1v) is 6.58. The predicted octanol–water partition coefficient (Wildman–Crippen LogP) is 0.672. The summed E-state index contributed by atoms with van der Waals surface area (Å²) < 4.78 is 1.81. The third-order valence-corrected chi connectivity index (χ3v) is 3.94. The molecule has 6 heteroatoms. The molecule has 0 aromatic carbocycles.